The van der Waals surface area contributed by atoms with Crippen molar-refractivity contribution in [2.24, 2.45) is 5.92 Å². The number of hydrogen-bond acceptors (Lipinski definition) is 5. The first-order valence-corrected chi connectivity index (χ1v) is 13.6. The molecule has 0 aliphatic rings. The Labute approximate surface area is 233 Å². The van der Waals surface area contributed by atoms with E-state index in [9.17, 15) is 19.5 Å². The molecule has 0 aliphatic heterocycles. The maximum atomic E-state index is 14.4. The van der Waals surface area contributed by atoms with Crippen LogP contribution in [-0.2, 0) is 20.9 Å². The highest BCUT2D eigenvalue weighted by Gasteiger charge is 2.44. The summed E-state index contributed by atoms with van der Waals surface area (Å²) in [5, 5.41) is 15.7. The number of benzene rings is 2. The Bertz CT molecular complexity index is 1090. The van der Waals surface area contributed by atoms with Gasteiger partial charge in [0.15, 0.2) is 0 Å². The molecule has 214 valence electrons. The molecule has 0 bridgehead atoms. The molecule has 0 heterocycles. The number of nitrogens with zero attached hydrogens (tertiary/aromatic N) is 1. The van der Waals surface area contributed by atoms with E-state index in [2.05, 4.69) is 10.6 Å². The number of aromatic hydroxyl groups is 1. The fourth-order valence-electron chi connectivity index (χ4n) is 4.17. The molecule has 0 aromatic heterocycles. The molecule has 0 saturated heterocycles. The zero-order valence-electron chi connectivity index (χ0n) is 24.6. The standard InChI is InChI=1S/C31H45N3O5/c1-9-21(3)25(33-29(38)39-30(4,5)6)28(37)34(31(7,8)10-2)26(23-16-18-24(35)19-17-23)27(36)32-20-22-14-12-11-13-15-22/h11-19,21,25-26,35H,9-10,20H2,1-8H3,(H,32,36)(H,33,38). The lowest BCUT2D eigenvalue weighted by Crippen LogP contribution is -2.60. The molecule has 0 spiro atoms. The van der Waals surface area contributed by atoms with Crippen molar-refractivity contribution in [2.45, 2.75) is 98.0 Å². The predicted octanol–water partition coefficient (Wildman–Crippen LogP) is 5.71. The molecule has 3 N–H and O–H groups in total. The van der Waals surface area contributed by atoms with Crippen LogP contribution in [0.2, 0.25) is 0 Å². The van der Waals surface area contributed by atoms with Gasteiger partial charge in [0, 0.05) is 12.1 Å². The summed E-state index contributed by atoms with van der Waals surface area (Å²) in [4.78, 5) is 42.7. The van der Waals surface area contributed by atoms with Crippen molar-refractivity contribution in [2.75, 3.05) is 0 Å². The highest BCUT2D eigenvalue weighted by molar-refractivity contribution is 5.93. The number of hydrogen-bond donors (Lipinski definition) is 3. The third-order valence-corrected chi connectivity index (χ3v) is 6.93. The van der Waals surface area contributed by atoms with E-state index in [0.29, 0.717) is 18.4 Å². The van der Waals surface area contributed by atoms with E-state index in [1.807, 2.05) is 65.0 Å². The van der Waals surface area contributed by atoms with E-state index in [1.54, 1.807) is 37.8 Å². The number of nitrogens with one attached hydrogen (secondary N) is 2. The van der Waals surface area contributed by atoms with Crippen LogP contribution in [0.3, 0.4) is 0 Å². The fourth-order valence-corrected chi connectivity index (χ4v) is 4.17. The van der Waals surface area contributed by atoms with E-state index in [0.717, 1.165) is 5.56 Å². The van der Waals surface area contributed by atoms with E-state index in [4.69, 9.17) is 4.74 Å². The van der Waals surface area contributed by atoms with Crippen LogP contribution in [0.25, 0.3) is 0 Å². The Morgan fingerprint density at radius 1 is 0.949 bits per heavy atom. The second-order valence-corrected chi connectivity index (χ2v) is 11.6. The van der Waals surface area contributed by atoms with Gasteiger partial charge in [0.1, 0.15) is 23.4 Å². The van der Waals surface area contributed by atoms with Crippen molar-refractivity contribution in [1.82, 2.24) is 15.5 Å². The Kier molecular flexibility index (Phi) is 11.0. The van der Waals surface area contributed by atoms with Crippen LogP contribution in [0.5, 0.6) is 5.75 Å². The zero-order valence-corrected chi connectivity index (χ0v) is 24.6. The van der Waals surface area contributed by atoms with E-state index >= 15 is 0 Å². The Hall–Kier alpha value is -3.55. The van der Waals surface area contributed by atoms with Crippen LogP contribution in [-0.4, -0.2) is 45.1 Å². The molecule has 39 heavy (non-hydrogen) atoms. The molecule has 0 radical (unpaired) electrons. The van der Waals surface area contributed by atoms with Crippen molar-refractivity contribution in [3.05, 3.63) is 65.7 Å². The molecule has 3 amide bonds. The maximum Gasteiger partial charge on any atom is 0.408 e. The van der Waals surface area contributed by atoms with Gasteiger partial charge >= 0.3 is 6.09 Å². The van der Waals surface area contributed by atoms with Gasteiger partial charge in [0.05, 0.1) is 0 Å². The summed E-state index contributed by atoms with van der Waals surface area (Å²) in [6, 6.07) is 13.9. The van der Waals surface area contributed by atoms with Crippen molar-refractivity contribution in [1.29, 1.82) is 0 Å². The van der Waals surface area contributed by atoms with Crippen molar-refractivity contribution >= 4 is 17.9 Å². The van der Waals surface area contributed by atoms with Crippen LogP contribution in [0.1, 0.15) is 85.4 Å². The average molecular weight is 540 g/mol. The minimum atomic E-state index is -1.01. The highest BCUT2D eigenvalue weighted by atomic mass is 16.6. The lowest BCUT2D eigenvalue weighted by atomic mass is 9.89. The second-order valence-electron chi connectivity index (χ2n) is 11.6. The summed E-state index contributed by atoms with van der Waals surface area (Å²) in [7, 11) is 0. The van der Waals surface area contributed by atoms with Crippen molar-refractivity contribution in [3.63, 3.8) is 0 Å². The van der Waals surface area contributed by atoms with E-state index in [1.165, 1.54) is 12.1 Å². The van der Waals surface area contributed by atoms with Crippen LogP contribution >= 0.6 is 0 Å². The van der Waals surface area contributed by atoms with Crippen molar-refractivity contribution < 1.29 is 24.2 Å². The third kappa shape index (κ3) is 9.01. The minimum absolute atomic E-state index is 0.0545. The van der Waals surface area contributed by atoms with E-state index in [-0.39, 0.29) is 30.0 Å². The predicted molar refractivity (Wildman–Crippen MR) is 153 cm³/mol. The lowest BCUT2D eigenvalue weighted by Gasteiger charge is -2.45. The molecule has 8 nitrogen and oxygen atoms in total. The van der Waals surface area contributed by atoms with Gasteiger partial charge in [-0.3, -0.25) is 9.59 Å². The molecule has 0 saturated carbocycles. The van der Waals surface area contributed by atoms with Crippen LogP contribution < -0.4 is 10.6 Å². The van der Waals surface area contributed by atoms with Gasteiger partial charge in [-0.15, -0.1) is 0 Å². The number of alkyl carbamates (subject to hydrolysis) is 1. The third-order valence-electron chi connectivity index (χ3n) is 6.93. The second kappa shape index (κ2) is 13.5. The Morgan fingerprint density at radius 2 is 1.54 bits per heavy atom. The number of rotatable bonds is 11. The van der Waals surface area contributed by atoms with E-state index < -0.39 is 29.3 Å². The molecule has 3 atom stereocenters. The first-order chi connectivity index (χ1) is 18.2. The first kappa shape index (κ1) is 31.7. The first-order valence-electron chi connectivity index (χ1n) is 13.6. The molecule has 3 unspecified atom stereocenters. The molecule has 2 aromatic rings. The van der Waals surface area contributed by atoms with Crippen LogP contribution in [0, 0.1) is 5.92 Å². The summed E-state index contributed by atoms with van der Waals surface area (Å²) in [6.07, 6.45) is 0.487. The topological polar surface area (TPSA) is 108 Å². The van der Waals surface area contributed by atoms with Gasteiger partial charge in [-0.25, -0.2) is 4.79 Å². The summed E-state index contributed by atoms with van der Waals surface area (Å²) in [5.74, 6) is -0.915. The highest BCUT2D eigenvalue weighted by Crippen LogP contribution is 2.34. The molecule has 2 rings (SSSR count). The summed E-state index contributed by atoms with van der Waals surface area (Å²) >= 11 is 0. The summed E-state index contributed by atoms with van der Waals surface area (Å²) in [5.41, 5.74) is -0.0210. The molecule has 2 aromatic carbocycles. The largest absolute Gasteiger partial charge is 0.508 e. The molecular formula is C31H45N3O5. The van der Waals surface area contributed by atoms with Crippen LogP contribution in [0.15, 0.2) is 54.6 Å². The summed E-state index contributed by atoms with van der Waals surface area (Å²) in [6.45, 7) is 15.2. The number of ether oxygens (including phenoxy) is 1. The smallest absolute Gasteiger partial charge is 0.408 e. The monoisotopic (exact) mass is 539 g/mol. The van der Waals surface area contributed by atoms with Gasteiger partial charge in [0.2, 0.25) is 11.8 Å². The van der Waals surface area contributed by atoms with Gasteiger partial charge in [0.25, 0.3) is 0 Å². The number of carbonyl (C=O) groups excluding carboxylic acids is 3. The molecular weight excluding hydrogens is 494 g/mol. The zero-order chi connectivity index (χ0) is 29.4. The van der Waals surface area contributed by atoms with Crippen LogP contribution in [0.4, 0.5) is 4.79 Å². The lowest BCUT2D eigenvalue weighted by molar-refractivity contribution is -0.150. The quantitative estimate of drug-likeness (QED) is 0.339. The number of phenols is 1. The SMILES string of the molecule is CCC(C)C(NC(=O)OC(C)(C)C)C(=O)N(C(C(=O)NCc1ccccc1)c1ccc(O)cc1)C(C)(C)CC. The Balaban J connectivity index is 2.57. The van der Waals surface area contributed by atoms with Gasteiger partial charge in [-0.05, 0) is 70.2 Å². The molecule has 8 heteroatoms. The van der Waals surface area contributed by atoms with Crippen molar-refractivity contribution in [3.8, 4) is 5.75 Å². The number of phenolic OH excluding ortho intramolecular Hbond substituents is 1. The van der Waals surface area contributed by atoms with Gasteiger partial charge in [-0.2, -0.15) is 0 Å². The van der Waals surface area contributed by atoms with Gasteiger partial charge in [-0.1, -0.05) is 69.7 Å². The molecule has 0 fully saturated rings. The molecule has 0 aliphatic carbocycles. The average Bonchev–Trinajstić information content (AvgIpc) is 2.88. The minimum Gasteiger partial charge on any atom is -0.508 e. The Morgan fingerprint density at radius 3 is 2.05 bits per heavy atom. The summed E-state index contributed by atoms with van der Waals surface area (Å²) < 4.78 is 5.47. The normalized spacial score (nSPS) is 14.1. The maximum absolute atomic E-state index is 14.4. The number of carbonyl (C=O) groups is 3. The number of amides is 3. The fraction of sp³-hybridized carbons (Fsp3) is 0.516. The van der Waals surface area contributed by atoms with Gasteiger partial charge < -0.3 is 25.4 Å².